The lowest BCUT2D eigenvalue weighted by atomic mass is 9.91. The Kier molecular flexibility index (Phi) is 4.24. The van der Waals surface area contributed by atoms with Crippen molar-refractivity contribution in [3.63, 3.8) is 0 Å². The molecule has 0 heterocycles. The average Bonchev–Trinajstić information content (AvgIpc) is 2.30. The molecule has 16 heavy (non-hydrogen) atoms. The quantitative estimate of drug-likeness (QED) is 0.888. The van der Waals surface area contributed by atoms with Gasteiger partial charge in [0.05, 0.1) is 0 Å². The van der Waals surface area contributed by atoms with Gasteiger partial charge >= 0.3 is 0 Å². The van der Waals surface area contributed by atoms with Gasteiger partial charge in [-0.25, -0.2) is 0 Å². The molecule has 0 unspecified atom stereocenters. The zero-order chi connectivity index (χ0) is 11.4. The first kappa shape index (κ1) is 11.9. The van der Waals surface area contributed by atoms with Gasteiger partial charge in [0.25, 0.3) is 0 Å². The highest BCUT2D eigenvalue weighted by atomic mass is 79.9. The highest BCUT2D eigenvalue weighted by molar-refractivity contribution is 9.10. The van der Waals surface area contributed by atoms with Crippen LogP contribution in [0.5, 0.6) is 0 Å². The van der Waals surface area contributed by atoms with Crippen LogP contribution in [0, 0.1) is 0 Å². The Morgan fingerprint density at radius 1 is 1.12 bits per heavy atom. The maximum absolute atomic E-state index is 3.61. The average molecular weight is 283 g/mol. The molecule has 1 saturated carbocycles. The van der Waals surface area contributed by atoms with Crippen LogP contribution in [-0.4, -0.2) is 19.1 Å². The second-order valence-electron chi connectivity index (χ2n) is 4.49. The van der Waals surface area contributed by atoms with Gasteiger partial charge in [0.1, 0.15) is 0 Å². The number of halogens is 1. The highest BCUT2D eigenvalue weighted by Gasteiger charge is 2.19. The summed E-state index contributed by atoms with van der Waals surface area (Å²) in [7, 11) is 2.06. The molecular formula is C13H19BrN2. The standard InChI is InChI=1S/C13H19BrN2/c1-15-11-5-7-12(8-6-11)16-13-4-2-3-10(14)9-13/h2-4,9,11-12,15-16H,5-8H2,1H3. The van der Waals surface area contributed by atoms with Gasteiger partial charge in [0.2, 0.25) is 0 Å². The van der Waals surface area contributed by atoms with E-state index in [9.17, 15) is 0 Å². The Morgan fingerprint density at radius 2 is 1.81 bits per heavy atom. The molecule has 1 fully saturated rings. The van der Waals surface area contributed by atoms with Crippen LogP contribution >= 0.6 is 15.9 Å². The molecule has 0 atom stereocenters. The van der Waals surface area contributed by atoms with Crippen molar-refractivity contribution >= 4 is 21.6 Å². The monoisotopic (exact) mass is 282 g/mol. The SMILES string of the molecule is CNC1CCC(Nc2cccc(Br)c2)CC1. The topological polar surface area (TPSA) is 24.1 Å². The lowest BCUT2D eigenvalue weighted by Crippen LogP contribution is -2.34. The summed E-state index contributed by atoms with van der Waals surface area (Å²) in [4.78, 5) is 0. The molecule has 0 radical (unpaired) electrons. The zero-order valence-corrected chi connectivity index (χ0v) is 11.3. The van der Waals surface area contributed by atoms with E-state index in [-0.39, 0.29) is 0 Å². The van der Waals surface area contributed by atoms with Crippen LogP contribution in [0.25, 0.3) is 0 Å². The van der Waals surface area contributed by atoms with Gasteiger partial charge in [0, 0.05) is 22.2 Å². The summed E-state index contributed by atoms with van der Waals surface area (Å²) < 4.78 is 1.14. The van der Waals surface area contributed by atoms with Gasteiger partial charge in [-0.2, -0.15) is 0 Å². The fourth-order valence-electron chi connectivity index (χ4n) is 2.34. The molecule has 0 aromatic heterocycles. The van der Waals surface area contributed by atoms with Crippen LogP contribution < -0.4 is 10.6 Å². The van der Waals surface area contributed by atoms with Crippen LogP contribution in [-0.2, 0) is 0 Å². The molecular weight excluding hydrogens is 264 g/mol. The number of hydrogen-bond acceptors (Lipinski definition) is 2. The minimum Gasteiger partial charge on any atom is -0.382 e. The van der Waals surface area contributed by atoms with Crippen molar-refractivity contribution in [1.29, 1.82) is 0 Å². The molecule has 3 heteroatoms. The molecule has 0 aliphatic heterocycles. The fraction of sp³-hybridized carbons (Fsp3) is 0.538. The summed E-state index contributed by atoms with van der Waals surface area (Å²) in [5.74, 6) is 0. The number of anilines is 1. The maximum atomic E-state index is 3.61. The van der Waals surface area contributed by atoms with Crippen molar-refractivity contribution in [2.45, 2.75) is 37.8 Å². The van der Waals surface area contributed by atoms with Crippen molar-refractivity contribution in [1.82, 2.24) is 5.32 Å². The minimum absolute atomic E-state index is 0.638. The molecule has 1 aromatic carbocycles. The third kappa shape index (κ3) is 3.22. The molecule has 1 aliphatic carbocycles. The van der Waals surface area contributed by atoms with Gasteiger partial charge < -0.3 is 10.6 Å². The summed E-state index contributed by atoms with van der Waals surface area (Å²) >= 11 is 3.50. The molecule has 2 N–H and O–H groups in total. The van der Waals surface area contributed by atoms with Crippen molar-refractivity contribution < 1.29 is 0 Å². The number of benzene rings is 1. The van der Waals surface area contributed by atoms with E-state index in [0.29, 0.717) is 6.04 Å². The van der Waals surface area contributed by atoms with Crippen molar-refractivity contribution in [2.24, 2.45) is 0 Å². The maximum Gasteiger partial charge on any atom is 0.0353 e. The van der Waals surface area contributed by atoms with E-state index in [1.54, 1.807) is 0 Å². The number of rotatable bonds is 3. The van der Waals surface area contributed by atoms with E-state index in [4.69, 9.17) is 0 Å². The van der Waals surface area contributed by atoms with E-state index < -0.39 is 0 Å². The first-order valence-electron chi connectivity index (χ1n) is 5.97. The molecule has 0 spiro atoms. The van der Waals surface area contributed by atoms with Crippen molar-refractivity contribution in [2.75, 3.05) is 12.4 Å². The second-order valence-corrected chi connectivity index (χ2v) is 5.41. The molecule has 0 saturated heterocycles. The Balaban J connectivity index is 1.87. The lowest BCUT2D eigenvalue weighted by Gasteiger charge is -2.29. The van der Waals surface area contributed by atoms with E-state index >= 15 is 0 Å². The predicted octanol–water partition coefficient (Wildman–Crippen LogP) is 3.39. The summed E-state index contributed by atoms with van der Waals surface area (Å²) in [6, 6.07) is 9.77. The van der Waals surface area contributed by atoms with Crippen molar-refractivity contribution in [3.05, 3.63) is 28.7 Å². The minimum atomic E-state index is 0.638. The van der Waals surface area contributed by atoms with Crippen LogP contribution in [0.4, 0.5) is 5.69 Å². The Morgan fingerprint density at radius 3 is 2.44 bits per heavy atom. The largest absolute Gasteiger partial charge is 0.382 e. The lowest BCUT2D eigenvalue weighted by molar-refractivity contribution is 0.371. The Labute approximate surface area is 106 Å². The van der Waals surface area contributed by atoms with Crippen LogP contribution in [0.15, 0.2) is 28.7 Å². The van der Waals surface area contributed by atoms with Gasteiger partial charge in [0.15, 0.2) is 0 Å². The predicted molar refractivity (Wildman–Crippen MR) is 72.9 cm³/mol. The second kappa shape index (κ2) is 5.69. The van der Waals surface area contributed by atoms with E-state index in [2.05, 4.69) is 57.9 Å². The third-order valence-electron chi connectivity index (χ3n) is 3.33. The molecule has 2 nitrogen and oxygen atoms in total. The third-order valence-corrected chi connectivity index (χ3v) is 3.82. The molecule has 0 bridgehead atoms. The molecule has 88 valence electrons. The molecule has 2 rings (SSSR count). The first-order valence-corrected chi connectivity index (χ1v) is 6.76. The smallest absolute Gasteiger partial charge is 0.0353 e. The Hall–Kier alpha value is -0.540. The van der Waals surface area contributed by atoms with Gasteiger partial charge in [-0.15, -0.1) is 0 Å². The Bertz CT molecular complexity index is 332. The summed E-state index contributed by atoms with van der Waals surface area (Å²) in [6.07, 6.45) is 5.08. The number of hydrogen-bond donors (Lipinski definition) is 2. The molecule has 1 aromatic rings. The summed E-state index contributed by atoms with van der Waals surface area (Å²) in [5.41, 5.74) is 1.22. The number of nitrogens with one attached hydrogen (secondary N) is 2. The van der Waals surface area contributed by atoms with E-state index in [0.717, 1.165) is 10.5 Å². The molecule has 1 aliphatic rings. The highest BCUT2D eigenvalue weighted by Crippen LogP contribution is 2.23. The summed E-state index contributed by atoms with van der Waals surface area (Å²) in [5, 5.41) is 6.97. The van der Waals surface area contributed by atoms with E-state index in [1.165, 1.54) is 31.4 Å². The van der Waals surface area contributed by atoms with Crippen LogP contribution in [0.1, 0.15) is 25.7 Å². The molecule has 0 amide bonds. The fourth-order valence-corrected chi connectivity index (χ4v) is 2.74. The van der Waals surface area contributed by atoms with Crippen molar-refractivity contribution in [3.8, 4) is 0 Å². The van der Waals surface area contributed by atoms with Gasteiger partial charge in [-0.1, -0.05) is 22.0 Å². The normalized spacial score (nSPS) is 25.4. The zero-order valence-electron chi connectivity index (χ0n) is 9.67. The van der Waals surface area contributed by atoms with Gasteiger partial charge in [-0.05, 0) is 50.9 Å². The summed E-state index contributed by atoms with van der Waals surface area (Å²) in [6.45, 7) is 0. The van der Waals surface area contributed by atoms with E-state index in [1.807, 2.05) is 0 Å². The van der Waals surface area contributed by atoms with Crippen LogP contribution in [0.3, 0.4) is 0 Å². The van der Waals surface area contributed by atoms with Gasteiger partial charge in [-0.3, -0.25) is 0 Å². The first-order chi connectivity index (χ1) is 7.78. The van der Waals surface area contributed by atoms with Crippen LogP contribution in [0.2, 0.25) is 0 Å².